The Morgan fingerprint density at radius 3 is 2.73 bits per heavy atom. The predicted molar refractivity (Wildman–Crippen MR) is 111 cm³/mol. The van der Waals surface area contributed by atoms with Crippen LogP contribution >= 0.6 is 35.6 Å². The highest BCUT2D eigenvalue weighted by Crippen LogP contribution is 2.34. The maximum Gasteiger partial charge on any atom is 0.175 e. The highest BCUT2D eigenvalue weighted by atomic mass is 35.5. The molecule has 0 saturated carbocycles. The lowest BCUT2D eigenvalue weighted by molar-refractivity contribution is -0.113. The number of halogens is 1. The fourth-order valence-corrected chi connectivity index (χ4v) is 3.87. The SMILES string of the molecule is Cc1cccc(OCCOc2ccc(Cl)cc2C=C2SC(=S)CC2=O)c1. The lowest BCUT2D eigenvalue weighted by atomic mass is 10.1. The topological polar surface area (TPSA) is 35.5 Å². The van der Waals surface area contributed by atoms with Crippen LogP contribution in [-0.2, 0) is 4.79 Å². The van der Waals surface area contributed by atoms with Gasteiger partial charge >= 0.3 is 0 Å². The minimum atomic E-state index is 0.0358. The zero-order valence-electron chi connectivity index (χ0n) is 14.2. The number of thiocarbonyl (C=S) groups is 1. The molecule has 0 unspecified atom stereocenters. The van der Waals surface area contributed by atoms with Crippen molar-refractivity contribution < 1.29 is 14.3 Å². The van der Waals surface area contributed by atoms with Gasteiger partial charge in [0.25, 0.3) is 0 Å². The van der Waals surface area contributed by atoms with Crippen molar-refractivity contribution in [1.29, 1.82) is 0 Å². The quantitative estimate of drug-likeness (QED) is 0.362. The van der Waals surface area contributed by atoms with E-state index in [2.05, 4.69) is 0 Å². The molecule has 1 saturated heterocycles. The van der Waals surface area contributed by atoms with Crippen molar-refractivity contribution in [1.82, 2.24) is 0 Å². The van der Waals surface area contributed by atoms with Crippen molar-refractivity contribution in [2.24, 2.45) is 0 Å². The Bertz CT molecular complexity index is 877. The van der Waals surface area contributed by atoms with Gasteiger partial charge in [-0.2, -0.15) is 0 Å². The number of Topliss-reactive ketones (excluding diaryl/α,β-unsaturated/α-hetero) is 1. The van der Waals surface area contributed by atoms with Crippen molar-refractivity contribution in [2.45, 2.75) is 13.3 Å². The number of carbonyl (C=O) groups is 1. The third-order valence-corrected chi connectivity index (χ3v) is 5.23. The molecule has 26 heavy (non-hydrogen) atoms. The minimum Gasteiger partial charge on any atom is -0.490 e. The van der Waals surface area contributed by atoms with E-state index in [-0.39, 0.29) is 5.78 Å². The van der Waals surface area contributed by atoms with Gasteiger partial charge in [-0.05, 0) is 48.9 Å². The largest absolute Gasteiger partial charge is 0.490 e. The van der Waals surface area contributed by atoms with Crippen LogP contribution in [-0.4, -0.2) is 23.2 Å². The Kier molecular flexibility index (Phi) is 6.35. The van der Waals surface area contributed by atoms with Crippen LogP contribution in [0.2, 0.25) is 5.02 Å². The van der Waals surface area contributed by atoms with Gasteiger partial charge in [-0.1, -0.05) is 47.7 Å². The van der Waals surface area contributed by atoms with Crippen molar-refractivity contribution in [3.8, 4) is 11.5 Å². The molecule has 0 spiro atoms. The lowest BCUT2D eigenvalue weighted by Gasteiger charge is -2.11. The first kappa shape index (κ1) is 19.0. The summed E-state index contributed by atoms with van der Waals surface area (Å²) < 4.78 is 12.2. The number of thioether (sulfide) groups is 1. The van der Waals surface area contributed by atoms with Gasteiger partial charge in [0, 0.05) is 10.6 Å². The van der Waals surface area contributed by atoms with Gasteiger partial charge in [-0.15, -0.1) is 0 Å². The molecule has 3 nitrogen and oxygen atoms in total. The zero-order chi connectivity index (χ0) is 18.5. The van der Waals surface area contributed by atoms with E-state index in [0.717, 1.165) is 16.9 Å². The number of rotatable bonds is 6. The van der Waals surface area contributed by atoms with E-state index in [1.165, 1.54) is 11.8 Å². The molecule has 1 fully saturated rings. The van der Waals surface area contributed by atoms with Crippen LogP contribution in [0.5, 0.6) is 11.5 Å². The third-order valence-electron chi connectivity index (χ3n) is 3.66. The van der Waals surface area contributed by atoms with Gasteiger partial charge in [-0.3, -0.25) is 4.79 Å². The number of ketones is 1. The Balaban J connectivity index is 1.65. The smallest absolute Gasteiger partial charge is 0.175 e. The highest BCUT2D eigenvalue weighted by molar-refractivity contribution is 8.27. The van der Waals surface area contributed by atoms with Crippen molar-refractivity contribution in [2.75, 3.05) is 13.2 Å². The van der Waals surface area contributed by atoms with Crippen LogP contribution in [0.25, 0.3) is 6.08 Å². The first-order valence-electron chi connectivity index (χ1n) is 8.08. The Labute approximate surface area is 167 Å². The van der Waals surface area contributed by atoms with Gasteiger partial charge in [0.2, 0.25) is 0 Å². The highest BCUT2D eigenvalue weighted by Gasteiger charge is 2.23. The van der Waals surface area contributed by atoms with E-state index < -0.39 is 0 Å². The fraction of sp³-hybridized carbons (Fsp3) is 0.200. The first-order chi connectivity index (χ1) is 12.5. The second-order valence-corrected chi connectivity index (χ2v) is 8.10. The molecule has 2 aromatic carbocycles. The van der Waals surface area contributed by atoms with E-state index in [9.17, 15) is 4.79 Å². The van der Waals surface area contributed by atoms with E-state index in [0.29, 0.717) is 39.5 Å². The molecule has 0 amide bonds. The molecule has 0 aliphatic carbocycles. The molecule has 0 aromatic heterocycles. The summed E-state index contributed by atoms with van der Waals surface area (Å²) in [6.07, 6.45) is 2.10. The zero-order valence-corrected chi connectivity index (χ0v) is 16.5. The van der Waals surface area contributed by atoms with Crippen LogP contribution in [0.15, 0.2) is 47.4 Å². The molecule has 1 aliphatic rings. The Morgan fingerprint density at radius 2 is 2.00 bits per heavy atom. The molecule has 1 heterocycles. The summed E-state index contributed by atoms with van der Waals surface area (Å²) in [7, 11) is 0. The summed E-state index contributed by atoms with van der Waals surface area (Å²) in [4.78, 5) is 12.6. The van der Waals surface area contributed by atoms with Gasteiger partial charge in [0.05, 0.1) is 15.5 Å². The summed E-state index contributed by atoms with van der Waals surface area (Å²) >= 11 is 12.5. The Hall–Kier alpha value is -1.82. The van der Waals surface area contributed by atoms with Crippen LogP contribution in [0.3, 0.4) is 0 Å². The van der Waals surface area contributed by atoms with Crippen LogP contribution < -0.4 is 9.47 Å². The second kappa shape index (κ2) is 8.71. The standard InChI is InChI=1S/C20H17ClO3S2/c1-13-3-2-4-16(9-13)23-7-8-24-18-6-5-15(21)10-14(18)11-19-17(22)12-20(25)26-19/h2-6,9-11H,7-8,12H2,1H3. The van der Waals surface area contributed by atoms with Crippen molar-refractivity contribution >= 4 is 51.6 Å². The maximum atomic E-state index is 12.0. The number of allylic oxidation sites excluding steroid dienone is 1. The van der Waals surface area contributed by atoms with E-state index in [1.54, 1.807) is 24.3 Å². The van der Waals surface area contributed by atoms with Gasteiger partial charge in [0.15, 0.2) is 5.78 Å². The van der Waals surface area contributed by atoms with Crippen LogP contribution in [0.4, 0.5) is 0 Å². The number of ether oxygens (including phenoxy) is 2. The normalized spacial score (nSPS) is 15.5. The van der Waals surface area contributed by atoms with Gasteiger partial charge < -0.3 is 9.47 Å². The molecule has 6 heteroatoms. The first-order valence-corrected chi connectivity index (χ1v) is 9.69. The number of hydrogen-bond acceptors (Lipinski definition) is 5. The summed E-state index contributed by atoms with van der Waals surface area (Å²) in [6, 6.07) is 13.2. The number of carbonyl (C=O) groups excluding carboxylic acids is 1. The third kappa shape index (κ3) is 5.10. The van der Waals surface area contributed by atoms with E-state index >= 15 is 0 Å². The molecule has 134 valence electrons. The number of aryl methyl sites for hydroxylation is 1. The van der Waals surface area contributed by atoms with E-state index in [1.807, 2.05) is 31.2 Å². The lowest BCUT2D eigenvalue weighted by Crippen LogP contribution is -2.09. The average Bonchev–Trinajstić information content (AvgIpc) is 2.90. The minimum absolute atomic E-state index is 0.0358. The molecule has 0 bridgehead atoms. The molecular formula is C20H17ClO3S2. The molecule has 3 rings (SSSR count). The molecule has 0 N–H and O–H groups in total. The van der Waals surface area contributed by atoms with Gasteiger partial charge in [0.1, 0.15) is 24.7 Å². The summed E-state index contributed by atoms with van der Waals surface area (Å²) in [5.74, 6) is 1.50. The fourth-order valence-electron chi connectivity index (χ4n) is 2.46. The van der Waals surface area contributed by atoms with Gasteiger partial charge in [-0.25, -0.2) is 0 Å². The monoisotopic (exact) mass is 404 g/mol. The average molecular weight is 405 g/mol. The Morgan fingerprint density at radius 1 is 1.19 bits per heavy atom. The van der Waals surface area contributed by atoms with Crippen molar-refractivity contribution in [3.05, 3.63) is 63.5 Å². The molecule has 2 aromatic rings. The van der Waals surface area contributed by atoms with Crippen LogP contribution in [0.1, 0.15) is 17.5 Å². The summed E-state index contributed by atoms with van der Waals surface area (Å²) in [5.41, 5.74) is 1.90. The maximum absolute atomic E-state index is 12.0. The molecule has 0 radical (unpaired) electrons. The molecule has 0 atom stereocenters. The predicted octanol–water partition coefficient (Wildman–Crippen LogP) is 5.48. The molecular weight excluding hydrogens is 388 g/mol. The van der Waals surface area contributed by atoms with E-state index in [4.69, 9.17) is 33.3 Å². The summed E-state index contributed by atoms with van der Waals surface area (Å²) in [5, 5.41) is 0.582. The molecule has 1 aliphatic heterocycles. The van der Waals surface area contributed by atoms with Crippen molar-refractivity contribution in [3.63, 3.8) is 0 Å². The summed E-state index contributed by atoms with van der Waals surface area (Å²) in [6.45, 7) is 2.82. The van der Waals surface area contributed by atoms with Crippen LogP contribution in [0, 0.1) is 6.92 Å². The number of hydrogen-bond donors (Lipinski definition) is 0. The number of benzene rings is 2. The second-order valence-electron chi connectivity index (χ2n) is 5.78.